The fourth-order valence-electron chi connectivity index (χ4n) is 1.99. The van der Waals surface area contributed by atoms with Gasteiger partial charge >= 0.3 is 0 Å². The monoisotopic (exact) mass is 237 g/mol. The molecule has 1 saturated heterocycles. The molecule has 0 radical (unpaired) electrons. The Labute approximate surface area is 100 Å². The molecule has 0 aromatic heterocycles. The number of ether oxygens (including phenoxy) is 1. The van der Waals surface area contributed by atoms with Crippen molar-refractivity contribution in [3.63, 3.8) is 0 Å². The van der Waals surface area contributed by atoms with Crippen molar-refractivity contribution in [1.82, 2.24) is 4.90 Å². The molecule has 1 fully saturated rings. The number of carbonyl (C=O) groups excluding carboxylic acids is 1. The van der Waals surface area contributed by atoms with Crippen molar-refractivity contribution in [3.8, 4) is 0 Å². The van der Waals surface area contributed by atoms with E-state index >= 15 is 0 Å². The second-order valence-electron chi connectivity index (χ2n) is 4.33. The van der Waals surface area contributed by atoms with Gasteiger partial charge in [0.05, 0.1) is 6.10 Å². The molecular formula is C13H16FNO2. The minimum absolute atomic E-state index is 0.0968. The van der Waals surface area contributed by atoms with E-state index in [0.29, 0.717) is 12.1 Å². The minimum Gasteiger partial charge on any atom is -0.376 e. The zero-order valence-electron chi connectivity index (χ0n) is 9.86. The van der Waals surface area contributed by atoms with E-state index in [9.17, 15) is 9.18 Å². The van der Waals surface area contributed by atoms with Gasteiger partial charge in [0.25, 0.3) is 5.91 Å². The Balaban J connectivity index is 1.96. The van der Waals surface area contributed by atoms with Gasteiger partial charge in [-0.15, -0.1) is 0 Å². The van der Waals surface area contributed by atoms with Crippen LogP contribution in [0.2, 0.25) is 0 Å². The zero-order chi connectivity index (χ0) is 12.3. The molecule has 92 valence electrons. The number of hydrogen-bond acceptors (Lipinski definition) is 2. The lowest BCUT2D eigenvalue weighted by atomic mass is 10.2. The van der Waals surface area contributed by atoms with Crippen LogP contribution in [0.4, 0.5) is 4.39 Å². The van der Waals surface area contributed by atoms with Gasteiger partial charge in [0, 0.05) is 25.8 Å². The van der Waals surface area contributed by atoms with E-state index in [0.717, 1.165) is 19.4 Å². The Hall–Kier alpha value is -1.42. The highest BCUT2D eigenvalue weighted by Crippen LogP contribution is 2.14. The van der Waals surface area contributed by atoms with Gasteiger partial charge in [-0.1, -0.05) is 0 Å². The third-order valence-corrected chi connectivity index (χ3v) is 2.94. The summed E-state index contributed by atoms with van der Waals surface area (Å²) in [4.78, 5) is 13.6. The lowest BCUT2D eigenvalue weighted by Gasteiger charge is -2.20. The molecule has 1 aromatic carbocycles. The molecule has 0 saturated carbocycles. The van der Waals surface area contributed by atoms with Crippen molar-refractivity contribution in [2.24, 2.45) is 0 Å². The minimum atomic E-state index is -0.330. The highest BCUT2D eigenvalue weighted by molar-refractivity contribution is 5.94. The molecule has 1 amide bonds. The second kappa shape index (κ2) is 5.27. The standard InChI is InChI=1S/C13H16FNO2/c1-15(9-12-3-2-8-17-12)13(16)10-4-6-11(14)7-5-10/h4-7,12H,2-3,8-9H2,1H3. The molecule has 17 heavy (non-hydrogen) atoms. The van der Waals surface area contributed by atoms with Gasteiger partial charge in [0.15, 0.2) is 0 Å². The Morgan fingerprint density at radius 1 is 1.47 bits per heavy atom. The van der Waals surface area contributed by atoms with E-state index in [2.05, 4.69) is 0 Å². The van der Waals surface area contributed by atoms with Crippen LogP contribution in [0.1, 0.15) is 23.2 Å². The van der Waals surface area contributed by atoms with Crippen LogP contribution in [0.25, 0.3) is 0 Å². The number of amides is 1. The molecule has 2 rings (SSSR count). The summed E-state index contributed by atoms with van der Waals surface area (Å²) >= 11 is 0. The number of likely N-dealkylation sites (N-methyl/N-ethyl adjacent to an activating group) is 1. The fraction of sp³-hybridized carbons (Fsp3) is 0.462. The average molecular weight is 237 g/mol. The van der Waals surface area contributed by atoms with Crippen LogP contribution in [0.3, 0.4) is 0 Å². The van der Waals surface area contributed by atoms with E-state index in [1.807, 2.05) is 0 Å². The highest BCUT2D eigenvalue weighted by Gasteiger charge is 2.20. The SMILES string of the molecule is CN(CC1CCCO1)C(=O)c1ccc(F)cc1. The number of rotatable bonds is 3. The maximum absolute atomic E-state index is 12.7. The van der Waals surface area contributed by atoms with Crippen LogP contribution in [0.15, 0.2) is 24.3 Å². The Morgan fingerprint density at radius 3 is 2.76 bits per heavy atom. The summed E-state index contributed by atoms with van der Waals surface area (Å²) in [5.74, 6) is -0.427. The summed E-state index contributed by atoms with van der Waals surface area (Å²) in [6.07, 6.45) is 2.20. The van der Waals surface area contributed by atoms with Gasteiger partial charge in [-0.05, 0) is 37.1 Å². The smallest absolute Gasteiger partial charge is 0.253 e. The normalized spacial score (nSPS) is 19.3. The fourth-order valence-corrected chi connectivity index (χ4v) is 1.99. The van der Waals surface area contributed by atoms with Gasteiger partial charge in [0.1, 0.15) is 5.82 Å². The lowest BCUT2D eigenvalue weighted by molar-refractivity contribution is 0.0587. The van der Waals surface area contributed by atoms with E-state index in [1.165, 1.54) is 24.3 Å². The molecule has 0 bridgehead atoms. The molecule has 1 atom stereocenters. The zero-order valence-corrected chi connectivity index (χ0v) is 9.86. The van der Waals surface area contributed by atoms with Crippen molar-refractivity contribution < 1.29 is 13.9 Å². The molecule has 1 aromatic rings. The van der Waals surface area contributed by atoms with Crippen LogP contribution in [-0.4, -0.2) is 37.1 Å². The molecule has 3 nitrogen and oxygen atoms in total. The first-order valence-corrected chi connectivity index (χ1v) is 5.79. The lowest BCUT2D eigenvalue weighted by Crippen LogP contribution is -2.34. The number of hydrogen-bond donors (Lipinski definition) is 0. The van der Waals surface area contributed by atoms with Crippen molar-refractivity contribution in [2.75, 3.05) is 20.2 Å². The van der Waals surface area contributed by atoms with E-state index in [4.69, 9.17) is 4.74 Å². The summed E-state index contributed by atoms with van der Waals surface area (Å²) in [5, 5.41) is 0. The molecule has 1 aliphatic rings. The summed E-state index contributed by atoms with van der Waals surface area (Å²) in [7, 11) is 1.74. The molecular weight excluding hydrogens is 221 g/mol. The van der Waals surface area contributed by atoms with E-state index in [-0.39, 0.29) is 17.8 Å². The van der Waals surface area contributed by atoms with Crippen molar-refractivity contribution in [1.29, 1.82) is 0 Å². The first-order valence-electron chi connectivity index (χ1n) is 5.79. The van der Waals surface area contributed by atoms with Crippen LogP contribution in [0.5, 0.6) is 0 Å². The van der Waals surface area contributed by atoms with Gasteiger partial charge in [-0.25, -0.2) is 4.39 Å². The molecule has 1 aliphatic heterocycles. The highest BCUT2D eigenvalue weighted by atomic mass is 19.1. The van der Waals surface area contributed by atoms with Crippen LogP contribution >= 0.6 is 0 Å². The quantitative estimate of drug-likeness (QED) is 0.805. The summed E-state index contributed by atoms with van der Waals surface area (Å²) in [5.41, 5.74) is 0.506. The van der Waals surface area contributed by atoms with Crippen molar-refractivity contribution >= 4 is 5.91 Å². The molecule has 1 heterocycles. The van der Waals surface area contributed by atoms with Gasteiger partial charge < -0.3 is 9.64 Å². The predicted octanol–water partition coefficient (Wildman–Crippen LogP) is 2.08. The third-order valence-electron chi connectivity index (χ3n) is 2.94. The first kappa shape index (κ1) is 12.0. The molecule has 4 heteroatoms. The topological polar surface area (TPSA) is 29.5 Å². The summed E-state index contributed by atoms with van der Waals surface area (Å²) in [6, 6.07) is 5.60. The Kier molecular flexibility index (Phi) is 3.74. The van der Waals surface area contributed by atoms with Gasteiger partial charge in [0.2, 0.25) is 0 Å². The van der Waals surface area contributed by atoms with Crippen LogP contribution < -0.4 is 0 Å². The van der Waals surface area contributed by atoms with Crippen LogP contribution in [-0.2, 0) is 4.74 Å². The molecule has 0 N–H and O–H groups in total. The second-order valence-corrected chi connectivity index (χ2v) is 4.33. The van der Waals surface area contributed by atoms with E-state index < -0.39 is 0 Å². The number of halogens is 1. The van der Waals surface area contributed by atoms with Crippen molar-refractivity contribution in [2.45, 2.75) is 18.9 Å². The average Bonchev–Trinajstić information content (AvgIpc) is 2.82. The maximum atomic E-state index is 12.7. The predicted molar refractivity (Wildman–Crippen MR) is 62.3 cm³/mol. The number of carbonyl (C=O) groups is 1. The number of benzene rings is 1. The summed E-state index contributed by atoms with van der Waals surface area (Å²) in [6.45, 7) is 1.37. The van der Waals surface area contributed by atoms with Gasteiger partial charge in [-0.2, -0.15) is 0 Å². The maximum Gasteiger partial charge on any atom is 0.253 e. The Bertz CT molecular complexity index is 385. The Morgan fingerprint density at radius 2 is 2.18 bits per heavy atom. The van der Waals surface area contributed by atoms with E-state index in [1.54, 1.807) is 11.9 Å². The summed E-state index contributed by atoms with van der Waals surface area (Å²) < 4.78 is 18.2. The largest absolute Gasteiger partial charge is 0.376 e. The number of nitrogens with zero attached hydrogens (tertiary/aromatic N) is 1. The molecule has 0 spiro atoms. The van der Waals surface area contributed by atoms with Crippen molar-refractivity contribution in [3.05, 3.63) is 35.6 Å². The third kappa shape index (κ3) is 3.03. The molecule has 0 aliphatic carbocycles. The molecule has 1 unspecified atom stereocenters. The first-order chi connectivity index (χ1) is 8.16. The van der Waals surface area contributed by atoms with Gasteiger partial charge in [-0.3, -0.25) is 4.79 Å². The van der Waals surface area contributed by atoms with Crippen LogP contribution in [0, 0.1) is 5.82 Å².